The number of halogens is 2. The number of hydrogen-bond donors (Lipinski definition) is 1. The highest BCUT2D eigenvalue weighted by Crippen LogP contribution is 2.30. The summed E-state index contributed by atoms with van der Waals surface area (Å²) >= 11 is 6.02. The molecule has 0 saturated carbocycles. The monoisotopic (exact) mass is 428 g/mol. The second kappa shape index (κ2) is 10.9. The number of hydrogen-bond acceptors (Lipinski definition) is 3. The molecule has 30 heavy (non-hydrogen) atoms. The summed E-state index contributed by atoms with van der Waals surface area (Å²) in [5.41, 5.74) is 2.91. The zero-order chi connectivity index (χ0) is 21.5. The number of aliphatic hydroxyl groups is 1. The molecule has 1 atom stereocenters. The minimum atomic E-state index is -0.680. The van der Waals surface area contributed by atoms with Crippen molar-refractivity contribution in [2.75, 3.05) is 19.6 Å². The molecule has 0 fully saturated rings. The molecule has 2 aromatic carbocycles. The summed E-state index contributed by atoms with van der Waals surface area (Å²) in [6.07, 6.45) is 3.78. The number of fused-ring (bicyclic) bond motifs is 1. The number of nitrogens with zero attached hydrogens (tertiary/aromatic N) is 2. The lowest BCUT2D eigenvalue weighted by Gasteiger charge is -2.26. The van der Waals surface area contributed by atoms with Crippen LogP contribution in [0.25, 0.3) is 22.2 Å². The van der Waals surface area contributed by atoms with Gasteiger partial charge in [-0.05, 0) is 61.8 Å². The second-order valence-corrected chi connectivity index (χ2v) is 8.23. The quantitative estimate of drug-likeness (QED) is 0.393. The van der Waals surface area contributed by atoms with Gasteiger partial charge in [0, 0.05) is 28.6 Å². The lowest BCUT2D eigenvalue weighted by atomic mass is 9.99. The van der Waals surface area contributed by atoms with Crippen LogP contribution in [-0.4, -0.2) is 34.6 Å². The lowest BCUT2D eigenvalue weighted by molar-refractivity contribution is 0.112. The predicted octanol–water partition coefficient (Wildman–Crippen LogP) is 6.63. The molecule has 3 aromatic rings. The minimum Gasteiger partial charge on any atom is -0.387 e. The van der Waals surface area contributed by atoms with Crippen molar-refractivity contribution in [1.29, 1.82) is 0 Å². The van der Waals surface area contributed by atoms with Gasteiger partial charge in [0.1, 0.15) is 5.82 Å². The highest BCUT2D eigenvalue weighted by molar-refractivity contribution is 6.30. The van der Waals surface area contributed by atoms with Gasteiger partial charge < -0.3 is 10.0 Å². The largest absolute Gasteiger partial charge is 0.387 e. The van der Waals surface area contributed by atoms with Crippen LogP contribution in [0, 0.1) is 5.82 Å². The van der Waals surface area contributed by atoms with Crippen LogP contribution in [0.15, 0.2) is 48.5 Å². The molecule has 1 aromatic heterocycles. The van der Waals surface area contributed by atoms with E-state index in [1.165, 1.54) is 12.1 Å². The van der Waals surface area contributed by atoms with E-state index in [1.54, 1.807) is 6.07 Å². The molecule has 0 aliphatic rings. The molecule has 3 rings (SSSR count). The summed E-state index contributed by atoms with van der Waals surface area (Å²) in [5, 5.41) is 12.6. The van der Waals surface area contributed by atoms with Gasteiger partial charge in [0.15, 0.2) is 0 Å². The minimum absolute atomic E-state index is 0.337. The first-order valence-corrected chi connectivity index (χ1v) is 11.2. The van der Waals surface area contributed by atoms with E-state index in [9.17, 15) is 9.50 Å². The third-order valence-corrected chi connectivity index (χ3v) is 5.64. The van der Waals surface area contributed by atoms with Crippen LogP contribution in [0.3, 0.4) is 0 Å². The van der Waals surface area contributed by atoms with Crippen molar-refractivity contribution >= 4 is 22.5 Å². The summed E-state index contributed by atoms with van der Waals surface area (Å²) in [6.45, 7) is 6.84. The van der Waals surface area contributed by atoms with E-state index < -0.39 is 6.10 Å². The molecular weight excluding hydrogens is 399 g/mol. The summed E-state index contributed by atoms with van der Waals surface area (Å²) in [4.78, 5) is 6.98. The molecule has 0 saturated heterocycles. The van der Waals surface area contributed by atoms with Crippen molar-refractivity contribution in [1.82, 2.24) is 9.88 Å². The summed E-state index contributed by atoms with van der Waals surface area (Å²) in [7, 11) is 0. The molecule has 0 amide bonds. The summed E-state index contributed by atoms with van der Waals surface area (Å²) in [6, 6.07) is 13.9. The fraction of sp³-hybridized carbons (Fsp3) is 0.400. The SMILES string of the molecule is CCCCN(CCCC)CC(O)c1cc(-c2ccc(Cl)cc2)nc2cc(F)ccc12. The zero-order valence-electron chi connectivity index (χ0n) is 17.7. The fourth-order valence-electron chi connectivity index (χ4n) is 3.67. The van der Waals surface area contributed by atoms with Gasteiger partial charge in [0.25, 0.3) is 0 Å². The van der Waals surface area contributed by atoms with Crippen LogP contribution >= 0.6 is 11.6 Å². The van der Waals surface area contributed by atoms with E-state index in [4.69, 9.17) is 11.6 Å². The van der Waals surface area contributed by atoms with Gasteiger partial charge >= 0.3 is 0 Å². The van der Waals surface area contributed by atoms with E-state index in [0.29, 0.717) is 22.8 Å². The Balaban J connectivity index is 1.98. The Kier molecular flexibility index (Phi) is 8.20. The summed E-state index contributed by atoms with van der Waals surface area (Å²) < 4.78 is 13.9. The Labute approximate surface area is 183 Å². The summed E-state index contributed by atoms with van der Waals surface area (Å²) in [5.74, 6) is -0.337. The van der Waals surface area contributed by atoms with E-state index in [-0.39, 0.29) is 5.82 Å². The van der Waals surface area contributed by atoms with E-state index in [0.717, 1.165) is 55.3 Å². The van der Waals surface area contributed by atoms with Gasteiger partial charge in [-0.2, -0.15) is 0 Å². The van der Waals surface area contributed by atoms with Gasteiger partial charge in [0.2, 0.25) is 0 Å². The standard InChI is InChI=1S/C25H30ClFN2O/c1-3-5-13-29(14-6-4-2)17-25(30)22-16-23(18-7-9-19(26)10-8-18)28-24-15-20(27)11-12-21(22)24/h7-12,15-16,25,30H,3-6,13-14,17H2,1-2H3. The van der Waals surface area contributed by atoms with Crippen LogP contribution in [0.1, 0.15) is 51.2 Å². The zero-order valence-corrected chi connectivity index (χ0v) is 18.5. The molecule has 0 aliphatic carbocycles. The van der Waals surface area contributed by atoms with Crippen LogP contribution in [0.5, 0.6) is 0 Å². The van der Waals surface area contributed by atoms with Crippen molar-refractivity contribution in [3.63, 3.8) is 0 Å². The molecule has 3 nitrogen and oxygen atoms in total. The van der Waals surface area contributed by atoms with Crippen molar-refractivity contribution in [3.8, 4) is 11.3 Å². The van der Waals surface area contributed by atoms with Gasteiger partial charge in [-0.3, -0.25) is 0 Å². The number of benzene rings is 2. The normalized spacial score (nSPS) is 12.6. The average Bonchev–Trinajstić information content (AvgIpc) is 2.75. The highest BCUT2D eigenvalue weighted by Gasteiger charge is 2.18. The molecule has 1 N–H and O–H groups in total. The maximum absolute atomic E-state index is 13.9. The van der Waals surface area contributed by atoms with Crippen LogP contribution in [-0.2, 0) is 0 Å². The topological polar surface area (TPSA) is 36.4 Å². The molecule has 160 valence electrons. The molecular formula is C25H30ClFN2O. The highest BCUT2D eigenvalue weighted by atomic mass is 35.5. The molecule has 1 heterocycles. The molecule has 0 radical (unpaired) electrons. The van der Waals surface area contributed by atoms with E-state index in [2.05, 4.69) is 23.7 Å². The van der Waals surface area contributed by atoms with Crippen molar-refractivity contribution in [2.45, 2.75) is 45.6 Å². The molecule has 0 aliphatic heterocycles. The number of unbranched alkanes of at least 4 members (excludes halogenated alkanes) is 2. The second-order valence-electron chi connectivity index (χ2n) is 7.79. The Morgan fingerprint density at radius 1 is 1.00 bits per heavy atom. The fourth-order valence-corrected chi connectivity index (χ4v) is 3.80. The van der Waals surface area contributed by atoms with Crippen molar-refractivity contribution in [3.05, 3.63) is 64.9 Å². The predicted molar refractivity (Wildman–Crippen MR) is 123 cm³/mol. The smallest absolute Gasteiger partial charge is 0.125 e. The number of aromatic nitrogens is 1. The Bertz CT molecular complexity index is 953. The van der Waals surface area contributed by atoms with Gasteiger partial charge in [-0.1, -0.05) is 50.4 Å². The number of pyridine rings is 1. The maximum atomic E-state index is 13.9. The van der Waals surface area contributed by atoms with Gasteiger partial charge in [-0.15, -0.1) is 0 Å². The first-order valence-electron chi connectivity index (χ1n) is 10.8. The molecule has 0 bridgehead atoms. The van der Waals surface area contributed by atoms with Crippen LogP contribution in [0.2, 0.25) is 5.02 Å². The van der Waals surface area contributed by atoms with Gasteiger partial charge in [0.05, 0.1) is 17.3 Å². The third kappa shape index (κ3) is 5.78. The van der Waals surface area contributed by atoms with Crippen molar-refractivity contribution in [2.24, 2.45) is 0 Å². The van der Waals surface area contributed by atoms with Crippen LogP contribution < -0.4 is 0 Å². The average molecular weight is 429 g/mol. The first-order chi connectivity index (χ1) is 14.5. The maximum Gasteiger partial charge on any atom is 0.125 e. The molecule has 1 unspecified atom stereocenters. The van der Waals surface area contributed by atoms with E-state index in [1.807, 2.05) is 30.3 Å². The number of aliphatic hydroxyl groups excluding tert-OH is 1. The lowest BCUT2D eigenvalue weighted by Crippen LogP contribution is -2.31. The molecule has 0 spiro atoms. The van der Waals surface area contributed by atoms with E-state index >= 15 is 0 Å². The Morgan fingerprint density at radius 3 is 2.30 bits per heavy atom. The number of rotatable bonds is 10. The first kappa shape index (κ1) is 22.7. The van der Waals surface area contributed by atoms with Gasteiger partial charge in [-0.25, -0.2) is 9.37 Å². The third-order valence-electron chi connectivity index (χ3n) is 5.39. The van der Waals surface area contributed by atoms with Crippen molar-refractivity contribution < 1.29 is 9.50 Å². The van der Waals surface area contributed by atoms with Crippen LogP contribution in [0.4, 0.5) is 4.39 Å². The molecule has 5 heteroatoms. The Morgan fingerprint density at radius 2 is 1.67 bits per heavy atom. The Hall–Kier alpha value is -2.01.